The molecule has 1 fully saturated rings. The Balaban J connectivity index is 1.90. The maximum absolute atomic E-state index is 13.0. The van der Waals surface area contributed by atoms with E-state index in [0.717, 1.165) is 6.07 Å². The SMILES string of the molecule is COc1cc(C(=O)N2CCC(S(=O)(=O)c3ccccc3)C2)c([N+](=O)[O-])cc1OC. The minimum Gasteiger partial charge on any atom is -0.493 e. The van der Waals surface area contributed by atoms with Gasteiger partial charge in [0.2, 0.25) is 0 Å². The zero-order valence-electron chi connectivity index (χ0n) is 15.9. The first-order valence-corrected chi connectivity index (χ1v) is 10.3. The zero-order chi connectivity index (χ0) is 21.2. The van der Waals surface area contributed by atoms with E-state index in [-0.39, 0.29) is 41.5 Å². The van der Waals surface area contributed by atoms with Gasteiger partial charge in [-0.25, -0.2) is 8.42 Å². The Morgan fingerprint density at radius 2 is 1.76 bits per heavy atom. The Hall–Kier alpha value is -3.14. The van der Waals surface area contributed by atoms with E-state index in [9.17, 15) is 23.3 Å². The molecule has 1 saturated heterocycles. The lowest BCUT2D eigenvalue weighted by Crippen LogP contribution is -2.32. The Kier molecular flexibility index (Phi) is 5.73. The van der Waals surface area contributed by atoms with Crippen molar-refractivity contribution in [1.82, 2.24) is 4.90 Å². The third kappa shape index (κ3) is 3.88. The van der Waals surface area contributed by atoms with Crippen molar-refractivity contribution in [2.45, 2.75) is 16.6 Å². The highest BCUT2D eigenvalue weighted by atomic mass is 32.2. The average Bonchev–Trinajstić information content (AvgIpc) is 3.23. The Bertz CT molecular complexity index is 1040. The van der Waals surface area contributed by atoms with Gasteiger partial charge in [0.05, 0.1) is 35.4 Å². The Morgan fingerprint density at radius 3 is 2.34 bits per heavy atom. The van der Waals surface area contributed by atoms with Crippen LogP contribution in [0.15, 0.2) is 47.4 Å². The molecule has 2 aromatic rings. The number of amides is 1. The van der Waals surface area contributed by atoms with Crippen molar-refractivity contribution in [3.8, 4) is 11.5 Å². The number of likely N-dealkylation sites (tertiary alicyclic amines) is 1. The highest BCUT2D eigenvalue weighted by molar-refractivity contribution is 7.92. The van der Waals surface area contributed by atoms with Crippen molar-refractivity contribution >= 4 is 21.4 Å². The zero-order valence-corrected chi connectivity index (χ0v) is 16.7. The van der Waals surface area contributed by atoms with Crippen molar-refractivity contribution in [3.05, 3.63) is 58.1 Å². The largest absolute Gasteiger partial charge is 0.493 e. The Labute approximate surface area is 167 Å². The van der Waals surface area contributed by atoms with Gasteiger partial charge in [0.15, 0.2) is 21.3 Å². The molecule has 1 atom stereocenters. The van der Waals surface area contributed by atoms with E-state index in [1.54, 1.807) is 18.2 Å². The second-order valence-corrected chi connectivity index (χ2v) is 8.73. The number of rotatable bonds is 6. The van der Waals surface area contributed by atoms with Crippen molar-refractivity contribution in [1.29, 1.82) is 0 Å². The van der Waals surface area contributed by atoms with Gasteiger partial charge in [-0.2, -0.15) is 0 Å². The van der Waals surface area contributed by atoms with Crippen LogP contribution in [0, 0.1) is 10.1 Å². The van der Waals surface area contributed by atoms with Crippen molar-refractivity contribution in [2.24, 2.45) is 0 Å². The van der Waals surface area contributed by atoms with Crippen LogP contribution in [0.5, 0.6) is 11.5 Å². The minimum atomic E-state index is -3.61. The molecule has 9 nitrogen and oxygen atoms in total. The quantitative estimate of drug-likeness (QED) is 0.520. The number of carbonyl (C=O) groups excluding carboxylic acids is 1. The highest BCUT2D eigenvalue weighted by Crippen LogP contribution is 2.36. The molecule has 2 aromatic carbocycles. The van der Waals surface area contributed by atoms with Crippen LogP contribution in [0.25, 0.3) is 0 Å². The predicted octanol–water partition coefficient (Wildman–Crippen LogP) is 2.30. The van der Waals surface area contributed by atoms with E-state index in [4.69, 9.17) is 9.47 Å². The van der Waals surface area contributed by atoms with Crippen LogP contribution in [-0.2, 0) is 9.84 Å². The lowest BCUT2D eigenvalue weighted by molar-refractivity contribution is -0.385. The van der Waals surface area contributed by atoms with Gasteiger partial charge in [0.1, 0.15) is 5.56 Å². The maximum Gasteiger partial charge on any atom is 0.286 e. The van der Waals surface area contributed by atoms with E-state index >= 15 is 0 Å². The molecule has 1 aliphatic rings. The summed E-state index contributed by atoms with van der Waals surface area (Å²) in [7, 11) is -0.916. The number of ether oxygens (including phenoxy) is 2. The number of nitro benzene ring substituents is 1. The number of methoxy groups -OCH3 is 2. The van der Waals surface area contributed by atoms with Crippen molar-refractivity contribution < 1.29 is 27.6 Å². The van der Waals surface area contributed by atoms with Gasteiger partial charge in [-0.3, -0.25) is 14.9 Å². The molecular formula is C19H20N2O7S. The molecule has 154 valence electrons. The van der Waals surface area contributed by atoms with Gasteiger partial charge < -0.3 is 14.4 Å². The summed E-state index contributed by atoms with van der Waals surface area (Å²) >= 11 is 0. The summed E-state index contributed by atoms with van der Waals surface area (Å²) in [4.78, 5) is 25.3. The first-order chi connectivity index (χ1) is 13.8. The number of carbonyl (C=O) groups is 1. The number of benzene rings is 2. The number of hydrogen-bond acceptors (Lipinski definition) is 7. The normalized spacial score (nSPS) is 16.5. The third-order valence-electron chi connectivity index (χ3n) is 4.87. The number of hydrogen-bond donors (Lipinski definition) is 0. The fourth-order valence-corrected chi connectivity index (χ4v) is 5.04. The van der Waals surface area contributed by atoms with E-state index in [1.165, 1.54) is 37.3 Å². The van der Waals surface area contributed by atoms with E-state index < -0.39 is 31.6 Å². The van der Waals surface area contributed by atoms with Crippen LogP contribution < -0.4 is 9.47 Å². The van der Waals surface area contributed by atoms with E-state index in [1.807, 2.05) is 0 Å². The topological polar surface area (TPSA) is 116 Å². The van der Waals surface area contributed by atoms with Crippen LogP contribution in [0.3, 0.4) is 0 Å². The lowest BCUT2D eigenvalue weighted by atomic mass is 10.1. The summed E-state index contributed by atoms with van der Waals surface area (Å²) in [6.07, 6.45) is 0.254. The first kappa shape index (κ1) is 20.6. The summed E-state index contributed by atoms with van der Waals surface area (Å²) in [5, 5.41) is 10.7. The van der Waals surface area contributed by atoms with Gasteiger partial charge in [0, 0.05) is 19.2 Å². The number of nitrogens with zero attached hydrogens (tertiary/aromatic N) is 2. The summed E-state index contributed by atoms with van der Waals surface area (Å²) in [6.45, 7) is 0.141. The fourth-order valence-electron chi connectivity index (χ4n) is 3.33. The van der Waals surface area contributed by atoms with Crippen LogP contribution in [0.4, 0.5) is 5.69 Å². The molecule has 0 bridgehead atoms. The molecule has 0 aliphatic carbocycles. The molecule has 0 spiro atoms. The molecule has 1 heterocycles. The molecule has 0 N–H and O–H groups in total. The van der Waals surface area contributed by atoms with Gasteiger partial charge in [-0.05, 0) is 18.6 Å². The molecule has 0 radical (unpaired) electrons. The van der Waals surface area contributed by atoms with E-state index in [0.29, 0.717) is 0 Å². The summed E-state index contributed by atoms with van der Waals surface area (Å²) in [5.41, 5.74) is -0.604. The molecule has 0 aromatic heterocycles. The summed E-state index contributed by atoms with van der Waals surface area (Å²) < 4.78 is 35.8. The van der Waals surface area contributed by atoms with Crippen LogP contribution in [0.1, 0.15) is 16.8 Å². The summed E-state index contributed by atoms with van der Waals surface area (Å²) in [6, 6.07) is 10.4. The standard InChI is InChI=1S/C19H20N2O7S/c1-27-17-10-15(16(21(23)24)11-18(17)28-2)19(22)20-9-8-14(12-20)29(25,26)13-6-4-3-5-7-13/h3-7,10-11,14H,8-9,12H2,1-2H3. The minimum absolute atomic E-state index is 0.0401. The highest BCUT2D eigenvalue weighted by Gasteiger charge is 2.38. The maximum atomic E-state index is 13.0. The predicted molar refractivity (Wildman–Crippen MR) is 104 cm³/mol. The van der Waals surface area contributed by atoms with Crippen LogP contribution >= 0.6 is 0 Å². The molecular weight excluding hydrogens is 400 g/mol. The number of sulfone groups is 1. The molecule has 1 unspecified atom stereocenters. The first-order valence-electron chi connectivity index (χ1n) is 8.78. The second kappa shape index (κ2) is 8.08. The van der Waals surface area contributed by atoms with Gasteiger partial charge >= 0.3 is 0 Å². The fraction of sp³-hybridized carbons (Fsp3) is 0.316. The van der Waals surface area contributed by atoms with Crippen molar-refractivity contribution in [3.63, 3.8) is 0 Å². The van der Waals surface area contributed by atoms with Gasteiger partial charge in [0.25, 0.3) is 11.6 Å². The molecule has 29 heavy (non-hydrogen) atoms. The van der Waals surface area contributed by atoms with Gasteiger partial charge in [-0.1, -0.05) is 18.2 Å². The molecule has 1 aliphatic heterocycles. The van der Waals surface area contributed by atoms with Crippen LogP contribution in [-0.4, -0.2) is 56.7 Å². The monoisotopic (exact) mass is 420 g/mol. The van der Waals surface area contributed by atoms with Crippen molar-refractivity contribution in [2.75, 3.05) is 27.3 Å². The molecule has 10 heteroatoms. The summed E-state index contributed by atoms with van der Waals surface area (Å²) in [5.74, 6) is -0.320. The smallest absolute Gasteiger partial charge is 0.286 e. The van der Waals surface area contributed by atoms with E-state index in [2.05, 4.69) is 0 Å². The second-order valence-electron chi connectivity index (χ2n) is 6.50. The third-order valence-corrected chi connectivity index (χ3v) is 7.06. The average molecular weight is 420 g/mol. The molecule has 0 saturated carbocycles. The van der Waals surface area contributed by atoms with Crippen LogP contribution in [0.2, 0.25) is 0 Å². The van der Waals surface area contributed by atoms with Gasteiger partial charge in [-0.15, -0.1) is 0 Å². The lowest BCUT2D eigenvalue weighted by Gasteiger charge is -2.18. The Morgan fingerprint density at radius 1 is 1.14 bits per heavy atom. The molecule has 3 rings (SSSR count). The molecule has 1 amide bonds. The number of nitro groups is 1.